The van der Waals surface area contributed by atoms with Gasteiger partial charge in [0, 0.05) is 30.4 Å². The summed E-state index contributed by atoms with van der Waals surface area (Å²) in [5.74, 6) is 4.26. The van der Waals surface area contributed by atoms with E-state index in [0.29, 0.717) is 51.3 Å². The number of anilines is 1. The number of amides is 1. The Kier molecular flexibility index (Phi) is 8.32. The van der Waals surface area contributed by atoms with E-state index in [1.807, 2.05) is 35.2 Å². The molecule has 11 heteroatoms. The van der Waals surface area contributed by atoms with Crippen LogP contribution in [0.25, 0.3) is 0 Å². The number of nitrogens with one attached hydrogen (secondary N) is 1. The van der Waals surface area contributed by atoms with E-state index in [-0.39, 0.29) is 28.7 Å². The molecule has 9 nitrogen and oxygen atoms in total. The van der Waals surface area contributed by atoms with Crippen LogP contribution in [0.1, 0.15) is 40.5 Å². The number of hydrogen-bond acceptors (Lipinski definition) is 7. The van der Waals surface area contributed by atoms with Crippen molar-refractivity contribution in [3.8, 4) is 11.8 Å². The Labute approximate surface area is 224 Å². The predicted molar refractivity (Wildman–Crippen MR) is 138 cm³/mol. The normalized spacial score (nSPS) is 19.4. The molecule has 2 N–H and O–H groups in total. The monoisotopic (exact) mass is 539 g/mol. The average Bonchev–Trinajstić information content (AvgIpc) is 3.35. The summed E-state index contributed by atoms with van der Waals surface area (Å²) in [6.45, 7) is 2.49. The van der Waals surface area contributed by atoms with Crippen LogP contribution in [0.2, 0.25) is 5.02 Å². The van der Waals surface area contributed by atoms with Crippen LogP contribution in [0.3, 0.4) is 0 Å². The lowest BCUT2D eigenvalue weighted by Crippen LogP contribution is -2.51. The molecule has 0 bridgehead atoms. The molecule has 2 aliphatic heterocycles. The summed E-state index contributed by atoms with van der Waals surface area (Å²) in [5, 5.41) is 17.6. The maximum Gasteiger partial charge on any atom is 0.276 e. The zero-order valence-electron chi connectivity index (χ0n) is 20.5. The highest BCUT2D eigenvalue weighted by Gasteiger charge is 2.33. The number of piperidine rings is 1. The van der Waals surface area contributed by atoms with E-state index in [9.17, 15) is 14.3 Å². The first kappa shape index (κ1) is 26.3. The number of aliphatic hydroxyl groups is 1. The first-order chi connectivity index (χ1) is 18.5. The lowest BCUT2D eigenvalue weighted by atomic mass is 10.0. The number of nitrogens with zero attached hydrogens (tertiary/aromatic N) is 4. The first-order valence-corrected chi connectivity index (χ1v) is 12.8. The van der Waals surface area contributed by atoms with Crippen LogP contribution in [0.15, 0.2) is 48.8 Å². The summed E-state index contributed by atoms with van der Waals surface area (Å²) in [7, 11) is 0. The van der Waals surface area contributed by atoms with E-state index in [2.05, 4.69) is 27.2 Å². The number of pyridine rings is 1. The Balaban J connectivity index is 1.23. The molecule has 5 rings (SSSR count). The molecule has 1 amide bonds. The maximum absolute atomic E-state index is 14.8. The molecule has 2 aromatic heterocycles. The van der Waals surface area contributed by atoms with E-state index < -0.39 is 18.0 Å². The predicted octanol–water partition coefficient (Wildman–Crippen LogP) is 3.09. The van der Waals surface area contributed by atoms with Crippen molar-refractivity contribution < 1.29 is 23.8 Å². The highest BCUT2D eigenvalue weighted by atomic mass is 35.5. The summed E-state index contributed by atoms with van der Waals surface area (Å²) >= 11 is 6.31. The Morgan fingerprint density at radius 2 is 1.92 bits per heavy atom. The lowest BCUT2D eigenvalue weighted by molar-refractivity contribution is -0.175. The Hall–Kier alpha value is -3.33. The molecule has 3 aromatic rings. The van der Waals surface area contributed by atoms with Crippen molar-refractivity contribution in [2.45, 2.75) is 31.2 Å². The zero-order chi connectivity index (χ0) is 26.5. The number of likely N-dealkylation sites (tertiary alicyclic amines) is 1. The Morgan fingerprint density at radius 1 is 1.16 bits per heavy atom. The molecular formula is C27H27ClFN5O4. The van der Waals surface area contributed by atoms with Crippen molar-refractivity contribution in [3.05, 3.63) is 76.5 Å². The second kappa shape index (κ2) is 12.0. The summed E-state index contributed by atoms with van der Waals surface area (Å²) in [6.07, 6.45) is 2.90. The third kappa shape index (κ3) is 6.04. The third-order valence-corrected chi connectivity index (χ3v) is 6.83. The highest BCUT2D eigenvalue weighted by molar-refractivity contribution is 6.34. The summed E-state index contributed by atoms with van der Waals surface area (Å²) in [6, 6.07) is 10.4. The van der Waals surface area contributed by atoms with Crippen molar-refractivity contribution in [2.75, 3.05) is 38.2 Å². The van der Waals surface area contributed by atoms with Crippen molar-refractivity contribution in [3.63, 3.8) is 0 Å². The first-order valence-electron chi connectivity index (χ1n) is 12.4. The Bertz CT molecular complexity index is 1330. The van der Waals surface area contributed by atoms with Crippen LogP contribution >= 0.6 is 11.6 Å². The number of benzene rings is 1. The molecule has 2 atom stereocenters. The van der Waals surface area contributed by atoms with Gasteiger partial charge >= 0.3 is 0 Å². The Morgan fingerprint density at radius 3 is 2.63 bits per heavy atom. The fourth-order valence-corrected chi connectivity index (χ4v) is 4.79. The standard InChI is InChI=1S/C27H27ClFN5O4/c28-21-16-31-34(20-8-10-33(11-9-20)27(36)23-17-37-12-13-38-23)24(21)26(35)32-25-22(29)14-19(15-30-25)7-6-18-4-2-1-3-5-18/h1-5,14-16,20,23,27,36H,8-13,17H2,(H,30,32,35). The molecule has 1 aromatic carbocycles. The van der Waals surface area contributed by atoms with Gasteiger partial charge in [0.15, 0.2) is 11.6 Å². The largest absolute Gasteiger partial charge is 0.376 e. The fraction of sp³-hybridized carbons (Fsp3) is 0.370. The number of carbonyl (C=O) groups is 1. The topological polar surface area (TPSA) is 102 Å². The van der Waals surface area contributed by atoms with E-state index in [1.165, 1.54) is 18.5 Å². The summed E-state index contributed by atoms with van der Waals surface area (Å²) in [5.41, 5.74) is 1.31. The van der Waals surface area contributed by atoms with Gasteiger partial charge in [-0.3, -0.25) is 14.4 Å². The molecule has 38 heavy (non-hydrogen) atoms. The minimum Gasteiger partial charge on any atom is -0.376 e. The zero-order valence-corrected chi connectivity index (χ0v) is 21.3. The molecule has 4 heterocycles. The van der Waals surface area contributed by atoms with Crippen LogP contribution in [0, 0.1) is 17.7 Å². The van der Waals surface area contributed by atoms with Crippen molar-refractivity contribution >= 4 is 23.3 Å². The molecule has 0 aliphatic carbocycles. The number of ether oxygens (including phenoxy) is 2. The second-order valence-corrected chi connectivity index (χ2v) is 9.48. The van der Waals surface area contributed by atoms with Gasteiger partial charge in [-0.1, -0.05) is 41.6 Å². The van der Waals surface area contributed by atoms with Gasteiger partial charge in [-0.15, -0.1) is 0 Å². The number of aromatic nitrogens is 3. The number of aliphatic hydroxyl groups excluding tert-OH is 1. The molecule has 0 spiro atoms. The fourth-order valence-electron chi connectivity index (χ4n) is 4.57. The van der Waals surface area contributed by atoms with Crippen molar-refractivity contribution in [2.24, 2.45) is 0 Å². The van der Waals surface area contributed by atoms with E-state index in [1.54, 1.807) is 4.68 Å². The molecule has 2 aliphatic rings. The van der Waals surface area contributed by atoms with Crippen LogP contribution < -0.4 is 5.32 Å². The molecule has 0 saturated carbocycles. The van der Waals surface area contributed by atoms with Crippen LogP contribution in [-0.4, -0.2) is 75.9 Å². The van der Waals surface area contributed by atoms with E-state index in [0.717, 1.165) is 5.56 Å². The summed E-state index contributed by atoms with van der Waals surface area (Å²) in [4.78, 5) is 19.1. The van der Waals surface area contributed by atoms with Gasteiger partial charge in [-0.25, -0.2) is 9.37 Å². The van der Waals surface area contributed by atoms with Gasteiger partial charge in [0.25, 0.3) is 5.91 Å². The van der Waals surface area contributed by atoms with E-state index >= 15 is 0 Å². The molecule has 0 radical (unpaired) electrons. The van der Waals surface area contributed by atoms with Gasteiger partial charge in [0.05, 0.1) is 37.1 Å². The van der Waals surface area contributed by atoms with Gasteiger partial charge < -0.3 is 19.9 Å². The quantitative estimate of drug-likeness (QED) is 0.480. The molecule has 198 valence electrons. The highest BCUT2D eigenvalue weighted by Crippen LogP contribution is 2.29. The number of carbonyl (C=O) groups excluding carboxylic acids is 1. The van der Waals surface area contributed by atoms with Crippen molar-refractivity contribution in [1.82, 2.24) is 19.7 Å². The molecular weight excluding hydrogens is 513 g/mol. The minimum absolute atomic E-state index is 0.122. The maximum atomic E-state index is 14.8. The molecule has 2 saturated heterocycles. The molecule has 2 fully saturated rings. The molecule has 2 unspecified atom stereocenters. The van der Waals surface area contributed by atoms with Crippen LogP contribution in [-0.2, 0) is 9.47 Å². The average molecular weight is 540 g/mol. The van der Waals surface area contributed by atoms with Gasteiger partial charge in [0.2, 0.25) is 0 Å². The van der Waals surface area contributed by atoms with Crippen molar-refractivity contribution in [1.29, 1.82) is 0 Å². The van der Waals surface area contributed by atoms with Crippen LogP contribution in [0.5, 0.6) is 0 Å². The van der Waals surface area contributed by atoms with Gasteiger partial charge in [-0.05, 0) is 31.0 Å². The number of halogens is 2. The van der Waals surface area contributed by atoms with Crippen LogP contribution in [0.4, 0.5) is 10.2 Å². The van der Waals surface area contributed by atoms with Gasteiger partial charge in [-0.2, -0.15) is 5.10 Å². The summed E-state index contributed by atoms with van der Waals surface area (Å²) < 4.78 is 27.3. The lowest BCUT2D eigenvalue weighted by Gasteiger charge is -2.39. The third-order valence-electron chi connectivity index (χ3n) is 6.56. The minimum atomic E-state index is -0.769. The van der Waals surface area contributed by atoms with Gasteiger partial charge in [0.1, 0.15) is 18.0 Å². The number of hydrogen-bond donors (Lipinski definition) is 2. The van der Waals surface area contributed by atoms with E-state index in [4.69, 9.17) is 21.1 Å². The SMILES string of the molecule is O=C(Nc1ncc(C#Cc2ccccc2)cc1F)c1c(Cl)cnn1C1CCN(C(O)C2COCCO2)CC1. The second-order valence-electron chi connectivity index (χ2n) is 9.08. The number of rotatable bonds is 5. The smallest absolute Gasteiger partial charge is 0.276 e.